The summed E-state index contributed by atoms with van der Waals surface area (Å²) in [7, 11) is 0. The predicted octanol–water partition coefficient (Wildman–Crippen LogP) is 3.30. The second-order valence-electron chi connectivity index (χ2n) is 5.98. The third kappa shape index (κ3) is 6.97. The number of thiophene rings is 1. The fraction of sp³-hybridized carbons (Fsp3) is 0.368. The topological polar surface area (TPSA) is 64.6 Å². The van der Waals surface area contributed by atoms with Gasteiger partial charge in [-0.05, 0) is 48.1 Å². The zero-order chi connectivity index (χ0) is 18.1. The van der Waals surface area contributed by atoms with Gasteiger partial charge in [-0.1, -0.05) is 19.9 Å². The average Bonchev–Trinajstić information content (AvgIpc) is 3.11. The van der Waals surface area contributed by atoms with Crippen molar-refractivity contribution in [1.29, 1.82) is 0 Å². The molecule has 0 atom stereocenters. The van der Waals surface area contributed by atoms with E-state index in [2.05, 4.69) is 19.2 Å². The third-order valence-corrected chi connectivity index (χ3v) is 4.22. The number of hydrogen-bond donors (Lipinski definition) is 1. The quantitative estimate of drug-likeness (QED) is 0.696. The van der Waals surface area contributed by atoms with Crippen LogP contribution in [0.1, 0.15) is 29.1 Å². The van der Waals surface area contributed by atoms with E-state index in [0.29, 0.717) is 30.4 Å². The monoisotopic (exact) mass is 361 g/mol. The van der Waals surface area contributed by atoms with E-state index in [1.165, 1.54) is 4.88 Å². The smallest absolute Gasteiger partial charge is 0.338 e. The van der Waals surface area contributed by atoms with Crippen LogP contribution in [0.5, 0.6) is 5.75 Å². The highest BCUT2D eigenvalue weighted by molar-refractivity contribution is 7.09. The van der Waals surface area contributed by atoms with Crippen LogP contribution in [0.2, 0.25) is 0 Å². The van der Waals surface area contributed by atoms with Crippen molar-refractivity contribution in [3.05, 3.63) is 52.2 Å². The summed E-state index contributed by atoms with van der Waals surface area (Å²) in [6.07, 6.45) is 0.773. The molecule has 0 radical (unpaired) electrons. The molecule has 0 aliphatic rings. The lowest BCUT2D eigenvalue weighted by molar-refractivity contribution is -0.124. The molecule has 2 rings (SSSR count). The second kappa shape index (κ2) is 9.84. The van der Waals surface area contributed by atoms with Crippen LogP contribution in [0.4, 0.5) is 0 Å². The zero-order valence-electron chi connectivity index (χ0n) is 14.5. The van der Waals surface area contributed by atoms with Crippen molar-refractivity contribution < 1.29 is 19.1 Å². The van der Waals surface area contributed by atoms with Gasteiger partial charge in [0, 0.05) is 11.4 Å². The van der Waals surface area contributed by atoms with Gasteiger partial charge in [0.15, 0.2) is 6.61 Å². The Bertz CT molecular complexity index is 665. The predicted molar refractivity (Wildman–Crippen MR) is 98.1 cm³/mol. The first-order valence-corrected chi connectivity index (χ1v) is 9.11. The summed E-state index contributed by atoms with van der Waals surface area (Å²) in [5.41, 5.74) is 0.392. The number of benzene rings is 1. The minimum absolute atomic E-state index is 0.283. The Morgan fingerprint density at radius 1 is 1.16 bits per heavy atom. The van der Waals surface area contributed by atoms with E-state index in [1.807, 2.05) is 17.5 Å². The summed E-state index contributed by atoms with van der Waals surface area (Å²) < 4.78 is 10.6. The van der Waals surface area contributed by atoms with Crippen LogP contribution in [0, 0.1) is 5.92 Å². The van der Waals surface area contributed by atoms with Crippen molar-refractivity contribution >= 4 is 23.2 Å². The van der Waals surface area contributed by atoms with Gasteiger partial charge in [0.1, 0.15) is 5.75 Å². The molecular weight excluding hydrogens is 338 g/mol. The van der Waals surface area contributed by atoms with E-state index in [-0.39, 0.29) is 12.5 Å². The molecule has 5 nitrogen and oxygen atoms in total. The number of carbonyl (C=O) groups excluding carboxylic acids is 2. The maximum absolute atomic E-state index is 11.9. The number of amides is 1. The highest BCUT2D eigenvalue weighted by Gasteiger charge is 2.10. The van der Waals surface area contributed by atoms with E-state index in [9.17, 15) is 9.59 Å². The number of nitrogens with one attached hydrogen (secondary N) is 1. The molecule has 25 heavy (non-hydrogen) atoms. The molecule has 0 fully saturated rings. The molecule has 0 unspecified atom stereocenters. The third-order valence-electron chi connectivity index (χ3n) is 3.28. The Kier molecular flexibility index (Phi) is 7.47. The van der Waals surface area contributed by atoms with Gasteiger partial charge in [-0.25, -0.2) is 4.79 Å². The van der Waals surface area contributed by atoms with Gasteiger partial charge in [0.2, 0.25) is 0 Å². The lowest BCUT2D eigenvalue weighted by atomic mass is 10.2. The van der Waals surface area contributed by atoms with Crippen LogP contribution < -0.4 is 10.1 Å². The number of ether oxygens (including phenoxy) is 2. The second-order valence-corrected chi connectivity index (χ2v) is 7.02. The minimum atomic E-state index is -0.524. The van der Waals surface area contributed by atoms with Crippen LogP contribution in [0.3, 0.4) is 0 Å². The summed E-state index contributed by atoms with van der Waals surface area (Å²) in [6, 6.07) is 10.7. The van der Waals surface area contributed by atoms with Crippen molar-refractivity contribution in [2.24, 2.45) is 5.92 Å². The molecule has 0 saturated heterocycles. The maximum atomic E-state index is 11.9. The van der Waals surface area contributed by atoms with Crippen molar-refractivity contribution in [2.75, 3.05) is 19.8 Å². The first-order chi connectivity index (χ1) is 12.0. The molecule has 0 spiro atoms. The van der Waals surface area contributed by atoms with Gasteiger partial charge < -0.3 is 14.8 Å². The SMILES string of the molecule is CC(C)COc1ccc(C(=O)OCC(=O)NCCc2cccs2)cc1. The molecule has 0 aliphatic heterocycles. The van der Waals surface area contributed by atoms with Crippen LogP contribution in [-0.2, 0) is 16.0 Å². The minimum Gasteiger partial charge on any atom is -0.493 e. The first-order valence-electron chi connectivity index (χ1n) is 8.23. The van der Waals surface area contributed by atoms with Gasteiger partial charge in [0.25, 0.3) is 5.91 Å². The van der Waals surface area contributed by atoms with Crippen LogP contribution >= 0.6 is 11.3 Å². The Labute approximate surface area is 152 Å². The van der Waals surface area contributed by atoms with Crippen molar-refractivity contribution in [3.8, 4) is 5.75 Å². The van der Waals surface area contributed by atoms with Gasteiger partial charge in [0.05, 0.1) is 12.2 Å². The molecule has 1 aromatic carbocycles. The molecule has 2 aromatic rings. The molecule has 1 amide bonds. The zero-order valence-corrected chi connectivity index (χ0v) is 15.3. The van der Waals surface area contributed by atoms with E-state index in [1.54, 1.807) is 35.6 Å². The summed E-state index contributed by atoms with van der Waals surface area (Å²) in [5, 5.41) is 4.73. The Morgan fingerprint density at radius 3 is 2.56 bits per heavy atom. The van der Waals surface area contributed by atoms with Crippen LogP contribution in [-0.4, -0.2) is 31.6 Å². The van der Waals surface area contributed by atoms with Gasteiger partial charge in [-0.3, -0.25) is 4.79 Å². The fourth-order valence-corrected chi connectivity index (χ4v) is 2.70. The lowest BCUT2D eigenvalue weighted by Gasteiger charge is -2.09. The number of carbonyl (C=O) groups is 2. The number of esters is 1. The summed E-state index contributed by atoms with van der Waals surface area (Å²) >= 11 is 1.65. The summed E-state index contributed by atoms with van der Waals surface area (Å²) in [4.78, 5) is 24.9. The first kappa shape index (κ1) is 19.0. The standard InChI is InChI=1S/C19H23NO4S/c1-14(2)12-23-16-7-5-15(6-8-16)19(22)24-13-18(21)20-10-9-17-4-3-11-25-17/h3-8,11,14H,9-10,12-13H2,1-2H3,(H,20,21). The average molecular weight is 361 g/mol. The van der Waals surface area contributed by atoms with Crippen molar-refractivity contribution in [3.63, 3.8) is 0 Å². The Morgan fingerprint density at radius 2 is 1.92 bits per heavy atom. The van der Waals surface area contributed by atoms with E-state index >= 15 is 0 Å². The highest BCUT2D eigenvalue weighted by Crippen LogP contribution is 2.14. The maximum Gasteiger partial charge on any atom is 0.338 e. The van der Waals surface area contributed by atoms with Gasteiger partial charge >= 0.3 is 5.97 Å². The lowest BCUT2D eigenvalue weighted by Crippen LogP contribution is -2.30. The molecule has 0 bridgehead atoms. The molecule has 0 aliphatic carbocycles. The summed E-state index contributed by atoms with van der Waals surface area (Å²) in [5.74, 6) is 0.310. The normalized spacial score (nSPS) is 10.5. The molecule has 134 valence electrons. The fourth-order valence-electron chi connectivity index (χ4n) is 2.00. The van der Waals surface area contributed by atoms with E-state index in [4.69, 9.17) is 9.47 Å². The van der Waals surface area contributed by atoms with E-state index in [0.717, 1.165) is 6.42 Å². The number of hydrogen-bond acceptors (Lipinski definition) is 5. The van der Waals surface area contributed by atoms with Gasteiger partial charge in [-0.2, -0.15) is 0 Å². The Hall–Kier alpha value is -2.34. The molecule has 1 N–H and O–H groups in total. The Balaban J connectivity index is 1.69. The van der Waals surface area contributed by atoms with Crippen molar-refractivity contribution in [1.82, 2.24) is 5.32 Å². The van der Waals surface area contributed by atoms with Crippen LogP contribution in [0.25, 0.3) is 0 Å². The molecule has 1 aromatic heterocycles. The molecule has 6 heteroatoms. The van der Waals surface area contributed by atoms with E-state index < -0.39 is 5.97 Å². The molecule has 1 heterocycles. The van der Waals surface area contributed by atoms with Crippen LogP contribution in [0.15, 0.2) is 41.8 Å². The largest absolute Gasteiger partial charge is 0.493 e. The molecular formula is C19H23NO4S. The highest BCUT2D eigenvalue weighted by atomic mass is 32.1. The van der Waals surface area contributed by atoms with Gasteiger partial charge in [-0.15, -0.1) is 11.3 Å². The van der Waals surface area contributed by atoms with Crippen molar-refractivity contribution in [2.45, 2.75) is 20.3 Å². The number of rotatable bonds is 9. The summed E-state index contributed by atoms with van der Waals surface area (Å²) in [6.45, 7) is 5.00. The molecule has 0 saturated carbocycles.